The Morgan fingerprint density at radius 2 is 1.92 bits per heavy atom. The number of hydrogen-bond donors (Lipinski definition) is 5. The van der Waals surface area contributed by atoms with Gasteiger partial charge in [0.25, 0.3) is 0 Å². The van der Waals surface area contributed by atoms with E-state index in [-0.39, 0.29) is 35.2 Å². The Labute approximate surface area is 221 Å². The zero-order chi connectivity index (χ0) is 27.2. The van der Waals surface area contributed by atoms with Gasteiger partial charge in [-0.25, -0.2) is 4.98 Å². The molecule has 2 atom stereocenters. The Bertz CT molecular complexity index is 1290. The lowest BCUT2D eigenvalue weighted by atomic mass is 9.84. The molecule has 2 unspecified atom stereocenters. The van der Waals surface area contributed by atoms with Crippen LogP contribution in [0.15, 0.2) is 42.6 Å². The molecule has 0 spiro atoms. The van der Waals surface area contributed by atoms with Crippen LogP contribution in [0.25, 0.3) is 0 Å². The quantitative estimate of drug-likeness (QED) is 0.238. The minimum absolute atomic E-state index is 0.115. The number of carbonyl (C=O) groups is 1. The highest BCUT2D eigenvalue weighted by molar-refractivity contribution is 5.82. The Morgan fingerprint density at radius 1 is 1.11 bits per heavy atom. The molecular weight excluding hydrogens is 488 g/mol. The number of pyridine rings is 1. The molecule has 0 radical (unpaired) electrons. The van der Waals surface area contributed by atoms with Crippen molar-refractivity contribution in [3.05, 3.63) is 64.8 Å². The molecule has 2 aromatic carbocycles. The number of carbonyl (C=O) groups excluding carboxylic acids is 1. The van der Waals surface area contributed by atoms with Crippen LogP contribution in [0.4, 0.5) is 5.82 Å². The zero-order valence-electron chi connectivity index (χ0n) is 21.4. The molecule has 9 nitrogen and oxygen atoms in total. The molecular formula is C29H34N2O7. The van der Waals surface area contributed by atoms with E-state index < -0.39 is 12.0 Å². The summed E-state index contributed by atoms with van der Waals surface area (Å²) >= 11 is 0. The lowest BCUT2D eigenvalue weighted by Crippen LogP contribution is -2.31. The van der Waals surface area contributed by atoms with Crippen LogP contribution in [0, 0.1) is 5.92 Å². The number of Topliss-reactive ketones (excluding diaryl/α,β-unsaturated/α-hetero) is 1. The fraction of sp³-hybridized carbons (Fsp3) is 0.379. The summed E-state index contributed by atoms with van der Waals surface area (Å²) in [6, 6.07) is 9.91. The number of aliphatic hydroxyl groups is 1. The van der Waals surface area contributed by atoms with Crippen molar-refractivity contribution in [2.24, 2.45) is 5.92 Å². The first kappa shape index (κ1) is 27.1. The van der Waals surface area contributed by atoms with Crippen LogP contribution in [0.3, 0.4) is 0 Å². The molecule has 1 aliphatic heterocycles. The van der Waals surface area contributed by atoms with Crippen LogP contribution in [-0.4, -0.2) is 51.0 Å². The van der Waals surface area contributed by atoms with Gasteiger partial charge in [0.1, 0.15) is 11.6 Å². The van der Waals surface area contributed by atoms with E-state index in [1.807, 2.05) is 6.07 Å². The van der Waals surface area contributed by atoms with Gasteiger partial charge in [-0.3, -0.25) is 4.79 Å². The number of rotatable bonds is 11. The number of anilines is 1. The summed E-state index contributed by atoms with van der Waals surface area (Å²) in [4.78, 5) is 17.4. The van der Waals surface area contributed by atoms with Crippen LogP contribution in [0.5, 0.6) is 28.7 Å². The molecule has 0 saturated carbocycles. The van der Waals surface area contributed by atoms with E-state index in [0.717, 1.165) is 29.5 Å². The zero-order valence-corrected chi connectivity index (χ0v) is 21.4. The van der Waals surface area contributed by atoms with Crippen LogP contribution in [0.1, 0.15) is 41.5 Å². The van der Waals surface area contributed by atoms with E-state index in [2.05, 4.69) is 4.98 Å². The van der Waals surface area contributed by atoms with Gasteiger partial charge in [0.15, 0.2) is 23.0 Å². The highest BCUT2D eigenvalue weighted by Gasteiger charge is 2.28. The molecule has 1 aromatic heterocycles. The molecule has 1 aliphatic rings. The van der Waals surface area contributed by atoms with Gasteiger partial charge in [-0.1, -0.05) is 6.07 Å². The minimum Gasteiger partial charge on any atom is -0.504 e. The molecule has 4 rings (SSSR count). The average Bonchev–Trinajstić information content (AvgIpc) is 2.91. The van der Waals surface area contributed by atoms with Crippen molar-refractivity contribution in [2.75, 3.05) is 19.5 Å². The summed E-state index contributed by atoms with van der Waals surface area (Å²) in [5.74, 6) is -0.406. The summed E-state index contributed by atoms with van der Waals surface area (Å²) in [6.07, 6.45) is 3.89. The maximum absolute atomic E-state index is 13.4. The highest BCUT2D eigenvalue weighted by atomic mass is 16.5. The fourth-order valence-corrected chi connectivity index (χ4v) is 4.99. The SMILES string of the molecule is COc1cc(CCC(=O)C(Cc2ccnc(N)c2)C(O)CCc2ccc(O)c3c2CCCO3)cc(O)c1O. The summed E-state index contributed by atoms with van der Waals surface area (Å²) in [5, 5.41) is 41.3. The second-order valence-electron chi connectivity index (χ2n) is 9.64. The van der Waals surface area contributed by atoms with Crippen molar-refractivity contribution in [3.8, 4) is 28.7 Å². The molecule has 202 valence electrons. The number of benzene rings is 2. The van der Waals surface area contributed by atoms with E-state index >= 15 is 0 Å². The topological polar surface area (TPSA) is 155 Å². The molecule has 0 amide bonds. The van der Waals surface area contributed by atoms with Crippen molar-refractivity contribution in [3.63, 3.8) is 0 Å². The van der Waals surface area contributed by atoms with Gasteiger partial charge in [-0.15, -0.1) is 0 Å². The maximum Gasteiger partial charge on any atom is 0.200 e. The first-order chi connectivity index (χ1) is 18.3. The lowest BCUT2D eigenvalue weighted by molar-refractivity contribution is -0.126. The van der Waals surface area contributed by atoms with Gasteiger partial charge >= 0.3 is 0 Å². The van der Waals surface area contributed by atoms with Gasteiger partial charge in [0, 0.05) is 24.1 Å². The normalized spacial score (nSPS) is 14.3. The molecule has 9 heteroatoms. The number of ether oxygens (including phenoxy) is 2. The predicted octanol–water partition coefficient (Wildman–Crippen LogP) is 3.47. The van der Waals surface area contributed by atoms with Crippen molar-refractivity contribution in [2.45, 2.75) is 51.0 Å². The predicted molar refractivity (Wildman–Crippen MR) is 142 cm³/mol. The van der Waals surface area contributed by atoms with Gasteiger partial charge in [-0.05, 0) is 85.5 Å². The van der Waals surface area contributed by atoms with Gasteiger partial charge in [-0.2, -0.15) is 0 Å². The molecule has 0 fully saturated rings. The third-order valence-electron chi connectivity index (χ3n) is 7.04. The molecule has 38 heavy (non-hydrogen) atoms. The van der Waals surface area contributed by atoms with Crippen LogP contribution in [0.2, 0.25) is 0 Å². The molecule has 0 bridgehead atoms. The first-order valence-corrected chi connectivity index (χ1v) is 12.7. The second-order valence-corrected chi connectivity index (χ2v) is 9.64. The number of methoxy groups -OCH3 is 1. The third-order valence-corrected chi connectivity index (χ3v) is 7.04. The summed E-state index contributed by atoms with van der Waals surface area (Å²) in [7, 11) is 1.38. The van der Waals surface area contributed by atoms with Gasteiger partial charge < -0.3 is 35.6 Å². The summed E-state index contributed by atoms with van der Waals surface area (Å²) < 4.78 is 10.7. The number of aromatic nitrogens is 1. The minimum atomic E-state index is -0.923. The van der Waals surface area contributed by atoms with E-state index in [9.17, 15) is 25.2 Å². The standard InChI is InChI=1S/C29H34N2O7/c1-37-26-15-17(14-25(35)28(26)36)4-7-22(32)21(13-18-10-11-31-27(30)16-18)23(33)8-5-19-6-9-24(34)29-20(19)3-2-12-38-29/h6,9-11,14-16,21,23,33-36H,2-5,7-8,12-13H2,1H3,(H2,30,31). The number of aliphatic hydroxyl groups excluding tert-OH is 1. The van der Waals surface area contributed by atoms with Crippen molar-refractivity contribution >= 4 is 11.6 Å². The number of fused-ring (bicyclic) bond motifs is 1. The van der Waals surface area contributed by atoms with Crippen LogP contribution < -0.4 is 15.2 Å². The smallest absolute Gasteiger partial charge is 0.200 e. The summed E-state index contributed by atoms with van der Waals surface area (Å²) in [6.45, 7) is 0.558. The molecule has 6 N–H and O–H groups in total. The van der Waals surface area contributed by atoms with E-state index in [4.69, 9.17) is 15.2 Å². The molecule has 3 aromatic rings. The average molecular weight is 523 g/mol. The van der Waals surface area contributed by atoms with Crippen molar-refractivity contribution in [1.82, 2.24) is 4.98 Å². The number of nitrogens with two attached hydrogens (primary N) is 1. The van der Waals surface area contributed by atoms with Gasteiger partial charge in [0.05, 0.1) is 19.8 Å². The lowest BCUT2D eigenvalue weighted by Gasteiger charge is -2.24. The summed E-state index contributed by atoms with van der Waals surface area (Å²) in [5.41, 5.74) is 9.21. The molecule has 0 aliphatic carbocycles. The number of ketones is 1. The van der Waals surface area contributed by atoms with E-state index in [1.165, 1.54) is 13.2 Å². The monoisotopic (exact) mass is 522 g/mol. The van der Waals surface area contributed by atoms with Crippen molar-refractivity contribution in [1.29, 1.82) is 0 Å². The largest absolute Gasteiger partial charge is 0.504 e. The number of phenolic OH excluding ortho intramolecular Hbond substituents is 3. The second kappa shape index (κ2) is 12.0. The van der Waals surface area contributed by atoms with E-state index in [1.54, 1.807) is 30.5 Å². The number of phenols is 3. The number of aromatic hydroxyl groups is 3. The number of nitrogen functional groups attached to an aromatic ring is 1. The Hall–Kier alpha value is -3.98. The molecule has 2 heterocycles. The Balaban J connectivity index is 1.50. The number of hydrogen-bond acceptors (Lipinski definition) is 9. The highest BCUT2D eigenvalue weighted by Crippen LogP contribution is 2.38. The molecule has 0 saturated heterocycles. The van der Waals surface area contributed by atoms with E-state index in [0.29, 0.717) is 49.4 Å². The fourth-order valence-electron chi connectivity index (χ4n) is 4.99. The Morgan fingerprint density at radius 3 is 2.68 bits per heavy atom. The first-order valence-electron chi connectivity index (χ1n) is 12.7. The Kier molecular flexibility index (Phi) is 8.58. The third kappa shape index (κ3) is 6.28. The van der Waals surface area contributed by atoms with Crippen molar-refractivity contribution < 1.29 is 34.7 Å². The van der Waals surface area contributed by atoms with Crippen LogP contribution in [-0.2, 0) is 30.5 Å². The number of nitrogens with zero attached hydrogens (tertiary/aromatic N) is 1. The van der Waals surface area contributed by atoms with Crippen LogP contribution >= 0.6 is 0 Å². The number of aryl methyl sites for hydroxylation is 2. The maximum atomic E-state index is 13.4. The van der Waals surface area contributed by atoms with Gasteiger partial charge in [0.2, 0.25) is 5.75 Å².